The number of rotatable bonds is 5. The molecule has 3 unspecified atom stereocenters. The zero-order valence-corrected chi connectivity index (χ0v) is 12.9. The molecule has 1 aliphatic carbocycles. The number of oxime groups is 1. The molecule has 1 aliphatic rings. The zero-order chi connectivity index (χ0) is 14.4. The van der Waals surface area contributed by atoms with E-state index in [1.54, 1.807) is 0 Å². The molecule has 0 aromatic heterocycles. The molecule has 2 rings (SSSR count). The van der Waals surface area contributed by atoms with Gasteiger partial charge >= 0.3 is 0 Å². The van der Waals surface area contributed by atoms with Crippen LogP contribution in [0.5, 0.6) is 0 Å². The minimum atomic E-state index is 0.280. The van der Waals surface area contributed by atoms with Crippen LogP contribution in [-0.2, 0) is 0 Å². The van der Waals surface area contributed by atoms with E-state index >= 15 is 0 Å². The number of nitrogens with two attached hydrogens (primary N) is 1. The Bertz CT molecular complexity index is 435. The zero-order valence-electron chi connectivity index (χ0n) is 12.0. The maximum Gasteiger partial charge on any atom is 0.140 e. The highest BCUT2D eigenvalue weighted by Gasteiger charge is 2.24. The van der Waals surface area contributed by atoms with Crippen LogP contribution in [0.1, 0.15) is 49.8 Å². The Morgan fingerprint density at radius 3 is 2.80 bits per heavy atom. The largest absolute Gasteiger partial charge is 0.409 e. The molecule has 3 atom stereocenters. The van der Waals surface area contributed by atoms with E-state index in [9.17, 15) is 0 Å². The fourth-order valence-corrected chi connectivity index (χ4v) is 4.67. The first kappa shape index (κ1) is 15.2. The van der Waals surface area contributed by atoms with Crippen LogP contribution in [0.25, 0.3) is 0 Å². The molecule has 3 N–H and O–H groups in total. The summed E-state index contributed by atoms with van der Waals surface area (Å²) in [5, 5.41) is 12.9. The van der Waals surface area contributed by atoms with E-state index in [1.807, 2.05) is 17.8 Å². The first-order chi connectivity index (χ1) is 9.69. The summed E-state index contributed by atoms with van der Waals surface area (Å²) in [7, 11) is 0. The third-order valence-electron chi connectivity index (χ3n) is 3.94. The third-order valence-corrected chi connectivity index (χ3v) is 5.52. The van der Waals surface area contributed by atoms with Crippen LogP contribution in [0.4, 0.5) is 0 Å². The van der Waals surface area contributed by atoms with Crippen LogP contribution in [-0.4, -0.2) is 16.3 Å². The highest BCUT2D eigenvalue weighted by atomic mass is 32.2. The Hall–Kier alpha value is -1.16. The van der Waals surface area contributed by atoms with Crippen LogP contribution in [0.2, 0.25) is 0 Å². The average molecular weight is 292 g/mol. The van der Waals surface area contributed by atoms with E-state index in [1.165, 1.54) is 31.2 Å². The minimum Gasteiger partial charge on any atom is -0.409 e. The highest BCUT2D eigenvalue weighted by Crippen LogP contribution is 2.41. The number of thioether (sulfide) groups is 1. The van der Waals surface area contributed by atoms with Crippen molar-refractivity contribution in [1.29, 1.82) is 0 Å². The summed E-state index contributed by atoms with van der Waals surface area (Å²) in [6.45, 7) is 2.34. The Balaban J connectivity index is 2.06. The first-order valence-electron chi connectivity index (χ1n) is 7.36. The maximum atomic E-state index is 8.83. The van der Waals surface area contributed by atoms with E-state index in [2.05, 4.69) is 36.3 Å². The minimum absolute atomic E-state index is 0.280. The smallest absolute Gasteiger partial charge is 0.140 e. The van der Waals surface area contributed by atoms with Crippen LogP contribution in [0.3, 0.4) is 0 Å². The molecule has 0 bridgehead atoms. The van der Waals surface area contributed by atoms with E-state index in [0.29, 0.717) is 17.5 Å². The Morgan fingerprint density at radius 1 is 1.40 bits per heavy atom. The predicted octanol–water partition coefficient (Wildman–Crippen LogP) is 4.18. The number of benzene rings is 1. The van der Waals surface area contributed by atoms with Crippen molar-refractivity contribution in [3.63, 3.8) is 0 Å². The number of amidine groups is 1. The van der Waals surface area contributed by atoms with Crippen molar-refractivity contribution >= 4 is 17.6 Å². The normalized spacial score (nSPS) is 25.4. The molecule has 0 aliphatic heterocycles. The molecule has 0 spiro atoms. The molecule has 0 amide bonds. The lowest BCUT2D eigenvalue weighted by molar-refractivity contribution is 0.317. The summed E-state index contributed by atoms with van der Waals surface area (Å²) in [5.41, 5.74) is 7.00. The van der Waals surface area contributed by atoms with Gasteiger partial charge in [0.15, 0.2) is 0 Å². The molecule has 0 radical (unpaired) electrons. The van der Waals surface area contributed by atoms with E-state index in [0.717, 1.165) is 5.92 Å². The lowest BCUT2D eigenvalue weighted by atomic mass is 9.90. The molecule has 1 aromatic carbocycles. The fraction of sp³-hybridized carbons (Fsp3) is 0.562. The number of hydrogen-bond acceptors (Lipinski definition) is 3. The first-order valence-corrected chi connectivity index (χ1v) is 8.30. The fourth-order valence-electron chi connectivity index (χ4n) is 2.88. The molecular weight excluding hydrogens is 268 g/mol. The van der Waals surface area contributed by atoms with Gasteiger partial charge in [-0.3, -0.25) is 0 Å². The van der Waals surface area contributed by atoms with Crippen molar-refractivity contribution in [2.24, 2.45) is 16.8 Å². The van der Waals surface area contributed by atoms with Crippen LogP contribution in [0, 0.1) is 5.92 Å². The second-order valence-corrected chi connectivity index (χ2v) is 7.23. The van der Waals surface area contributed by atoms with Crippen molar-refractivity contribution in [2.75, 3.05) is 0 Å². The maximum absolute atomic E-state index is 8.83. The van der Waals surface area contributed by atoms with Gasteiger partial charge in [0, 0.05) is 16.9 Å². The van der Waals surface area contributed by atoms with Crippen molar-refractivity contribution in [1.82, 2.24) is 0 Å². The lowest BCUT2D eigenvalue weighted by Crippen LogP contribution is -2.19. The van der Waals surface area contributed by atoms with Gasteiger partial charge in [-0.05, 0) is 24.3 Å². The van der Waals surface area contributed by atoms with Crippen molar-refractivity contribution in [2.45, 2.75) is 49.5 Å². The van der Waals surface area contributed by atoms with Crippen molar-refractivity contribution < 1.29 is 5.21 Å². The molecule has 110 valence electrons. The van der Waals surface area contributed by atoms with Gasteiger partial charge < -0.3 is 10.9 Å². The van der Waals surface area contributed by atoms with E-state index < -0.39 is 0 Å². The molecule has 20 heavy (non-hydrogen) atoms. The monoisotopic (exact) mass is 292 g/mol. The van der Waals surface area contributed by atoms with Crippen LogP contribution in [0.15, 0.2) is 35.5 Å². The van der Waals surface area contributed by atoms with Gasteiger partial charge in [-0.15, -0.1) is 11.8 Å². The Kier molecular flexibility index (Phi) is 5.77. The summed E-state index contributed by atoms with van der Waals surface area (Å²) in [6.07, 6.45) is 5.85. The molecule has 1 aromatic rings. The summed E-state index contributed by atoms with van der Waals surface area (Å²) in [5.74, 6) is 1.14. The summed E-state index contributed by atoms with van der Waals surface area (Å²) in [4.78, 5) is 0. The topological polar surface area (TPSA) is 58.6 Å². The van der Waals surface area contributed by atoms with Gasteiger partial charge in [-0.1, -0.05) is 55.3 Å². The standard InChI is InChI=1S/C16H24N2OS/c1-12-6-5-9-14(10-12)20-15(11-16(17)18-19)13-7-3-2-4-8-13/h2-4,7-8,12,14-15,19H,5-6,9-11H2,1H3,(H2,17,18). The highest BCUT2D eigenvalue weighted by molar-refractivity contribution is 8.00. The SMILES string of the molecule is CC1CCCC(SC(CC(N)=NO)c2ccccc2)C1. The van der Waals surface area contributed by atoms with Gasteiger partial charge in [0.05, 0.1) is 0 Å². The number of nitrogens with zero attached hydrogens (tertiary/aromatic N) is 1. The lowest BCUT2D eigenvalue weighted by Gasteiger charge is -2.29. The second-order valence-electron chi connectivity index (χ2n) is 5.72. The van der Waals surface area contributed by atoms with Crippen molar-refractivity contribution in [3.8, 4) is 0 Å². The quantitative estimate of drug-likeness (QED) is 0.370. The molecule has 1 saturated carbocycles. The van der Waals surface area contributed by atoms with Gasteiger partial charge in [0.25, 0.3) is 0 Å². The van der Waals surface area contributed by atoms with Crippen LogP contribution >= 0.6 is 11.8 Å². The second kappa shape index (κ2) is 7.58. The van der Waals surface area contributed by atoms with Crippen LogP contribution < -0.4 is 5.73 Å². The third kappa shape index (κ3) is 4.44. The Labute approximate surface area is 125 Å². The molecule has 0 heterocycles. The van der Waals surface area contributed by atoms with Gasteiger partial charge in [0.2, 0.25) is 0 Å². The Morgan fingerprint density at radius 2 is 2.15 bits per heavy atom. The average Bonchev–Trinajstić information content (AvgIpc) is 2.47. The number of hydrogen-bond donors (Lipinski definition) is 2. The van der Waals surface area contributed by atoms with Gasteiger partial charge in [-0.25, -0.2) is 0 Å². The molecule has 4 heteroatoms. The summed E-state index contributed by atoms with van der Waals surface area (Å²) < 4.78 is 0. The van der Waals surface area contributed by atoms with Crippen molar-refractivity contribution in [3.05, 3.63) is 35.9 Å². The molecule has 0 saturated heterocycles. The summed E-state index contributed by atoms with van der Waals surface area (Å²) in [6, 6.07) is 10.4. The summed E-state index contributed by atoms with van der Waals surface area (Å²) >= 11 is 1.99. The molecule has 3 nitrogen and oxygen atoms in total. The molecular formula is C16H24N2OS. The molecule has 1 fully saturated rings. The van der Waals surface area contributed by atoms with Gasteiger partial charge in [0.1, 0.15) is 5.84 Å². The van der Waals surface area contributed by atoms with E-state index in [-0.39, 0.29) is 5.25 Å². The predicted molar refractivity (Wildman–Crippen MR) is 86.2 cm³/mol. The van der Waals surface area contributed by atoms with E-state index in [4.69, 9.17) is 10.9 Å². The van der Waals surface area contributed by atoms with Gasteiger partial charge in [-0.2, -0.15) is 0 Å².